The SMILES string of the molecule is O=S(=O)(NCCc1ncc[nH]1)c1cc(CO)ccc1Br. The van der Waals surface area contributed by atoms with Crippen LogP contribution in [0.1, 0.15) is 11.4 Å². The predicted octanol–water partition coefficient (Wildman–Crippen LogP) is 1.19. The van der Waals surface area contributed by atoms with Crippen LogP contribution in [-0.2, 0) is 23.1 Å². The number of aliphatic hydroxyl groups is 1. The van der Waals surface area contributed by atoms with Crippen molar-refractivity contribution in [2.75, 3.05) is 6.54 Å². The minimum Gasteiger partial charge on any atom is -0.392 e. The van der Waals surface area contributed by atoms with Crippen LogP contribution in [0.5, 0.6) is 0 Å². The number of benzene rings is 1. The molecule has 108 valence electrons. The monoisotopic (exact) mass is 359 g/mol. The quantitative estimate of drug-likeness (QED) is 0.721. The van der Waals surface area contributed by atoms with Crippen molar-refractivity contribution in [3.05, 3.63) is 46.5 Å². The van der Waals surface area contributed by atoms with Crippen LogP contribution in [0.15, 0.2) is 40.0 Å². The molecule has 0 aliphatic rings. The zero-order chi connectivity index (χ0) is 14.6. The Morgan fingerprint density at radius 1 is 1.40 bits per heavy atom. The van der Waals surface area contributed by atoms with Crippen molar-refractivity contribution in [1.29, 1.82) is 0 Å². The number of nitrogens with zero attached hydrogens (tertiary/aromatic N) is 1. The normalized spacial score (nSPS) is 11.7. The predicted molar refractivity (Wildman–Crippen MR) is 77.5 cm³/mol. The highest BCUT2D eigenvalue weighted by Gasteiger charge is 2.17. The summed E-state index contributed by atoms with van der Waals surface area (Å²) in [6.45, 7) is 0.0356. The van der Waals surface area contributed by atoms with Gasteiger partial charge in [-0.1, -0.05) is 6.07 Å². The van der Waals surface area contributed by atoms with Crippen molar-refractivity contribution in [2.45, 2.75) is 17.9 Å². The third kappa shape index (κ3) is 3.66. The van der Waals surface area contributed by atoms with E-state index in [0.29, 0.717) is 16.5 Å². The average molecular weight is 360 g/mol. The number of hydrogen-bond donors (Lipinski definition) is 3. The van der Waals surface area contributed by atoms with E-state index >= 15 is 0 Å². The maximum absolute atomic E-state index is 12.2. The van der Waals surface area contributed by atoms with E-state index in [1.165, 1.54) is 6.07 Å². The third-order valence-electron chi connectivity index (χ3n) is 2.68. The molecule has 0 fully saturated rings. The average Bonchev–Trinajstić information content (AvgIpc) is 2.92. The molecule has 2 rings (SSSR count). The van der Waals surface area contributed by atoms with E-state index in [4.69, 9.17) is 5.11 Å². The van der Waals surface area contributed by atoms with Crippen LogP contribution in [0.25, 0.3) is 0 Å². The first kappa shape index (κ1) is 15.2. The number of halogens is 1. The minimum absolute atomic E-state index is 0.114. The van der Waals surface area contributed by atoms with Gasteiger partial charge in [0.25, 0.3) is 0 Å². The molecule has 1 heterocycles. The van der Waals surface area contributed by atoms with Gasteiger partial charge in [-0.05, 0) is 33.6 Å². The summed E-state index contributed by atoms with van der Waals surface area (Å²) in [5, 5.41) is 9.08. The minimum atomic E-state index is -3.63. The molecule has 20 heavy (non-hydrogen) atoms. The summed E-state index contributed by atoms with van der Waals surface area (Å²) in [5.74, 6) is 0.718. The molecular weight excluding hydrogens is 346 g/mol. The van der Waals surface area contributed by atoms with Gasteiger partial charge in [-0.3, -0.25) is 0 Å². The fraction of sp³-hybridized carbons (Fsp3) is 0.250. The van der Waals surface area contributed by atoms with Gasteiger partial charge in [0, 0.05) is 29.8 Å². The number of sulfonamides is 1. The molecule has 1 aromatic carbocycles. The first-order valence-corrected chi connectivity index (χ1v) is 8.18. The summed E-state index contributed by atoms with van der Waals surface area (Å²) in [7, 11) is -3.63. The Kier molecular flexibility index (Phi) is 4.92. The molecule has 0 unspecified atom stereocenters. The molecule has 3 N–H and O–H groups in total. The summed E-state index contributed by atoms with van der Waals surface area (Å²) in [6.07, 6.45) is 3.78. The number of hydrogen-bond acceptors (Lipinski definition) is 4. The Hall–Kier alpha value is -1.22. The highest BCUT2D eigenvalue weighted by molar-refractivity contribution is 9.10. The second kappa shape index (κ2) is 6.49. The van der Waals surface area contributed by atoms with Gasteiger partial charge >= 0.3 is 0 Å². The number of rotatable bonds is 6. The fourth-order valence-electron chi connectivity index (χ4n) is 1.67. The number of imidazole rings is 1. The number of aromatic amines is 1. The van der Waals surface area contributed by atoms with Crippen molar-refractivity contribution in [3.63, 3.8) is 0 Å². The smallest absolute Gasteiger partial charge is 0.241 e. The zero-order valence-corrected chi connectivity index (χ0v) is 12.9. The molecule has 0 bridgehead atoms. The summed E-state index contributed by atoms with van der Waals surface area (Å²) >= 11 is 3.21. The Bertz CT molecular complexity index is 671. The molecule has 8 heteroatoms. The largest absolute Gasteiger partial charge is 0.392 e. The maximum Gasteiger partial charge on any atom is 0.241 e. The van der Waals surface area contributed by atoms with Crippen molar-refractivity contribution in [2.24, 2.45) is 0 Å². The first-order valence-electron chi connectivity index (χ1n) is 5.90. The van der Waals surface area contributed by atoms with Gasteiger partial charge in [0.05, 0.1) is 11.5 Å². The topological polar surface area (TPSA) is 95.1 Å². The van der Waals surface area contributed by atoms with Crippen LogP contribution in [0, 0.1) is 0 Å². The number of nitrogens with one attached hydrogen (secondary N) is 2. The van der Waals surface area contributed by atoms with Crippen LogP contribution in [0.2, 0.25) is 0 Å². The van der Waals surface area contributed by atoms with Gasteiger partial charge in [-0.15, -0.1) is 0 Å². The van der Waals surface area contributed by atoms with E-state index in [9.17, 15) is 8.42 Å². The molecule has 0 amide bonds. The van der Waals surface area contributed by atoms with Gasteiger partial charge in [0.1, 0.15) is 5.82 Å². The van der Waals surface area contributed by atoms with Crippen molar-refractivity contribution in [3.8, 4) is 0 Å². The number of aliphatic hydroxyl groups excluding tert-OH is 1. The lowest BCUT2D eigenvalue weighted by Gasteiger charge is -2.09. The Morgan fingerprint density at radius 2 is 2.20 bits per heavy atom. The standard InChI is InChI=1S/C12H14BrN3O3S/c13-10-2-1-9(8-17)7-11(10)20(18,19)16-4-3-12-14-5-6-15-12/h1-2,5-7,16-17H,3-4,8H2,(H,14,15). The van der Waals surface area contributed by atoms with E-state index in [-0.39, 0.29) is 18.0 Å². The maximum atomic E-state index is 12.2. The van der Waals surface area contributed by atoms with Crippen LogP contribution in [0.4, 0.5) is 0 Å². The lowest BCUT2D eigenvalue weighted by atomic mass is 10.2. The van der Waals surface area contributed by atoms with E-state index < -0.39 is 10.0 Å². The molecule has 0 aliphatic heterocycles. The second-order valence-electron chi connectivity index (χ2n) is 4.11. The van der Waals surface area contributed by atoms with Gasteiger partial charge in [-0.2, -0.15) is 0 Å². The van der Waals surface area contributed by atoms with Crippen LogP contribution < -0.4 is 4.72 Å². The van der Waals surface area contributed by atoms with Gasteiger partial charge < -0.3 is 10.1 Å². The molecule has 0 saturated carbocycles. The number of aromatic nitrogens is 2. The van der Waals surface area contributed by atoms with Gasteiger partial charge in [0.15, 0.2) is 0 Å². The molecule has 6 nitrogen and oxygen atoms in total. The van der Waals surface area contributed by atoms with E-state index in [1.54, 1.807) is 24.5 Å². The fourth-order valence-corrected chi connectivity index (χ4v) is 3.71. The Labute approximate surface area is 125 Å². The lowest BCUT2D eigenvalue weighted by Crippen LogP contribution is -2.26. The second-order valence-corrected chi connectivity index (χ2v) is 6.70. The highest BCUT2D eigenvalue weighted by atomic mass is 79.9. The van der Waals surface area contributed by atoms with Crippen LogP contribution >= 0.6 is 15.9 Å². The Morgan fingerprint density at radius 3 is 2.85 bits per heavy atom. The third-order valence-corrected chi connectivity index (χ3v) is 5.13. The van der Waals surface area contributed by atoms with E-state index in [0.717, 1.165) is 5.82 Å². The van der Waals surface area contributed by atoms with Crippen molar-refractivity contribution >= 4 is 26.0 Å². The summed E-state index contributed by atoms with van der Waals surface area (Å²) in [4.78, 5) is 7.04. The van der Waals surface area contributed by atoms with E-state index in [2.05, 4.69) is 30.6 Å². The summed E-state index contributed by atoms with van der Waals surface area (Å²) in [5.41, 5.74) is 0.541. The molecule has 2 aromatic rings. The summed E-state index contributed by atoms with van der Waals surface area (Å²) in [6, 6.07) is 4.71. The lowest BCUT2D eigenvalue weighted by molar-refractivity contribution is 0.281. The summed E-state index contributed by atoms with van der Waals surface area (Å²) < 4.78 is 27.4. The number of H-pyrrole nitrogens is 1. The van der Waals surface area contributed by atoms with E-state index in [1.807, 2.05) is 0 Å². The molecule has 0 saturated heterocycles. The molecule has 1 aromatic heterocycles. The molecule has 0 spiro atoms. The highest BCUT2D eigenvalue weighted by Crippen LogP contribution is 2.23. The van der Waals surface area contributed by atoms with Crippen LogP contribution in [-0.4, -0.2) is 30.0 Å². The zero-order valence-electron chi connectivity index (χ0n) is 10.5. The molecular formula is C12H14BrN3O3S. The first-order chi connectivity index (χ1) is 9.53. The Balaban J connectivity index is 2.09. The van der Waals surface area contributed by atoms with Crippen molar-refractivity contribution in [1.82, 2.24) is 14.7 Å². The molecule has 0 aliphatic carbocycles. The van der Waals surface area contributed by atoms with Crippen molar-refractivity contribution < 1.29 is 13.5 Å². The van der Waals surface area contributed by atoms with Crippen LogP contribution in [0.3, 0.4) is 0 Å². The molecule has 0 atom stereocenters. The van der Waals surface area contributed by atoms with Gasteiger partial charge in [0.2, 0.25) is 10.0 Å². The molecule has 0 radical (unpaired) electrons. The van der Waals surface area contributed by atoms with Gasteiger partial charge in [-0.25, -0.2) is 18.1 Å².